The second kappa shape index (κ2) is 28.2. The summed E-state index contributed by atoms with van der Waals surface area (Å²) in [7, 11) is 8.17. The minimum atomic E-state index is -1.32. The Balaban J connectivity index is 1.79. The fourth-order valence-corrected chi connectivity index (χ4v) is 10.7. The van der Waals surface area contributed by atoms with Crippen molar-refractivity contribution in [1.82, 2.24) is 9.80 Å². The van der Waals surface area contributed by atoms with E-state index < -0.39 is 121 Å². The van der Waals surface area contributed by atoms with E-state index in [4.69, 9.17) is 47.4 Å². The van der Waals surface area contributed by atoms with Crippen LogP contribution in [0, 0.1) is 17.8 Å². The van der Waals surface area contributed by atoms with E-state index in [0.717, 1.165) is 12.8 Å². The van der Waals surface area contributed by atoms with E-state index >= 15 is 0 Å². The number of nitrogens with zero attached hydrogens (tertiary/aromatic N) is 2. The van der Waals surface area contributed by atoms with E-state index in [2.05, 4.69) is 17.0 Å². The molecule has 0 bridgehead atoms. The van der Waals surface area contributed by atoms with Gasteiger partial charge in [0.1, 0.15) is 24.4 Å². The first-order valence-electron chi connectivity index (χ1n) is 25.3. The number of carbonyl (C=O) groups excluding carboxylic acids is 4. The highest BCUT2D eigenvalue weighted by atomic mass is 16.7. The Morgan fingerprint density at radius 2 is 1.59 bits per heavy atom. The highest BCUT2D eigenvalue weighted by molar-refractivity contribution is 5.73. The monoisotopic (exact) mass is 995 g/mol. The number of ether oxygens (including phenoxy) is 10. The normalized spacial score (nSPS) is 35.3. The highest BCUT2D eigenvalue weighted by Crippen LogP contribution is 2.43. The van der Waals surface area contributed by atoms with Crippen molar-refractivity contribution in [2.45, 2.75) is 198 Å². The molecule has 0 radical (unpaired) electrons. The van der Waals surface area contributed by atoms with Gasteiger partial charge in [0.15, 0.2) is 24.3 Å². The number of β-amino-alcohol motifs (C(OH)–C–C–N with tert-alkyl or cyclic N) is 1. The molecule has 0 saturated carbocycles. The van der Waals surface area contributed by atoms with Crippen molar-refractivity contribution < 1.29 is 76.8 Å². The number of carbonyl (C=O) groups is 4. The first-order valence-corrected chi connectivity index (χ1v) is 25.3. The van der Waals surface area contributed by atoms with Gasteiger partial charge in [0, 0.05) is 72.9 Å². The van der Waals surface area contributed by atoms with Crippen LogP contribution in [-0.4, -0.2) is 184 Å². The average Bonchev–Trinajstić information content (AvgIpc) is 3.30. The Kier molecular flexibility index (Phi) is 23.9. The maximum absolute atomic E-state index is 14.0. The molecule has 2 N–H and O–H groups in total. The van der Waals surface area contributed by atoms with Gasteiger partial charge in [-0.2, -0.15) is 0 Å². The summed E-state index contributed by atoms with van der Waals surface area (Å²) in [6.07, 6.45) is -8.32. The van der Waals surface area contributed by atoms with E-state index in [1.807, 2.05) is 58.0 Å². The molecular weight excluding hydrogens is 909 g/mol. The van der Waals surface area contributed by atoms with Crippen LogP contribution in [0.25, 0.3) is 0 Å². The maximum atomic E-state index is 14.0. The summed E-state index contributed by atoms with van der Waals surface area (Å²) in [5, 5.41) is 25.1. The zero-order valence-electron chi connectivity index (χ0n) is 44.1. The molecule has 0 unspecified atom stereocenters. The van der Waals surface area contributed by atoms with E-state index in [9.17, 15) is 29.4 Å². The molecule has 18 heteroatoms. The van der Waals surface area contributed by atoms with Crippen molar-refractivity contribution in [2.75, 3.05) is 55.1 Å². The van der Waals surface area contributed by atoms with E-state index in [1.54, 1.807) is 27.7 Å². The van der Waals surface area contributed by atoms with Crippen molar-refractivity contribution in [1.29, 1.82) is 0 Å². The number of aliphatic hydroxyl groups is 2. The Hall–Kier alpha value is -3.30. The van der Waals surface area contributed by atoms with E-state index in [1.165, 1.54) is 33.8 Å². The Labute approximate surface area is 416 Å². The number of aryl methyl sites for hydroxylation is 1. The number of aliphatic hydroxyl groups excluding tert-OH is 2. The van der Waals surface area contributed by atoms with Crippen molar-refractivity contribution >= 4 is 23.9 Å². The minimum absolute atomic E-state index is 0.00277. The largest absolute Gasteiger partial charge is 0.463 e. The third-order valence-electron chi connectivity index (χ3n) is 14.3. The quantitative estimate of drug-likeness (QED) is 0.114. The lowest BCUT2D eigenvalue weighted by Crippen LogP contribution is -2.67. The standard InChI is InChI=1S/C52H86N2O16/c1-14-40(57)67-39-28-42(59)64-32(4)23-25-54(24-19-22-36-20-17-16-18-21-36)30-38(56)31(3)26-37(27-43(61-11)62-12)45(49(39)63-13)50-47(60)46(53(9)10)48(33(5)66-50)69-44-29-52(8,70-35(7)55)51(34(6)65-44)68-41(58)15-2/h16-18,20-21,31-34,37-39,43-51,56,60H,14-15,19,22-30H2,1-13H3/t31-,32-,33-,34+,37-,38+,39-,44-,45+,46-,47-,48-,49-,50+,51+,52-/m1/s1. The molecule has 18 nitrogen and oxygen atoms in total. The van der Waals surface area contributed by atoms with Crippen molar-refractivity contribution in [3.05, 3.63) is 35.9 Å². The van der Waals surface area contributed by atoms with Crippen LogP contribution in [0.4, 0.5) is 0 Å². The first kappa shape index (κ1) is 59.3. The van der Waals surface area contributed by atoms with Gasteiger partial charge in [-0.3, -0.25) is 19.2 Å². The predicted molar refractivity (Wildman–Crippen MR) is 258 cm³/mol. The van der Waals surface area contributed by atoms with Crippen LogP contribution in [0.3, 0.4) is 0 Å². The van der Waals surface area contributed by atoms with Gasteiger partial charge in [-0.1, -0.05) is 51.1 Å². The topological polar surface area (TPSA) is 208 Å². The van der Waals surface area contributed by atoms with Crippen molar-refractivity contribution in [2.24, 2.45) is 17.8 Å². The number of cyclic esters (lactones) is 1. The Morgan fingerprint density at radius 1 is 0.929 bits per heavy atom. The minimum Gasteiger partial charge on any atom is -0.463 e. The lowest BCUT2D eigenvalue weighted by molar-refractivity contribution is -0.320. The summed E-state index contributed by atoms with van der Waals surface area (Å²) in [6.45, 7) is 15.3. The van der Waals surface area contributed by atoms with Gasteiger partial charge < -0.3 is 67.4 Å². The smallest absolute Gasteiger partial charge is 0.309 e. The van der Waals surface area contributed by atoms with Gasteiger partial charge in [-0.05, 0) is 91.4 Å². The van der Waals surface area contributed by atoms with Crippen LogP contribution in [-0.2, 0) is 73.0 Å². The molecule has 1 aromatic carbocycles. The molecule has 0 aliphatic carbocycles. The maximum Gasteiger partial charge on any atom is 0.309 e. The molecule has 70 heavy (non-hydrogen) atoms. The summed E-state index contributed by atoms with van der Waals surface area (Å²) in [4.78, 5) is 56.4. The molecule has 3 aliphatic rings. The molecule has 0 aromatic heterocycles. The first-order chi connectivity index (χ1) is 33.2. The molecule has 0 spiro atoms. The van der Waals surface area contributed by atoms with Gasteiger partial charge in [-0.25, -0.2) is 0 Å². The van der Waals surface area contributed by atoms with Gasteiger partial charge in [0.05, 0.1) is 43.0 Å². The number of hydrogen-bond donors (Lipinski definition) is 2. The molecule has 3 saturated heterocycles. The zero-order valence-corrected chi connectivity index (χ0v) is 44.1. The fourth-order valence-electron chi connectivity index (χ4n) is 10.7. The summed E-state index contributed by atoms with van der Waals surface area (Å²) in [6, 6.07) is 9.48. The summed E-state index contributed by atoms with van der Waals surface area (Å²) >= 11 is 0. The SMILES string of the molecule is CCC(=O)O[C@@H]1CC(=O)O[C@H](C)CCN(CCCc2ccccc2)C[C@H](O)[C@H](C)C[C@H](CC(OC)OC)[C@H]([C@@H]2O[C@H](C)[C@@H](O[C@@H]3C[C@@](C)(OC(C)=O)[C@@H](OC(=O)CC)[C@H](C)O3)[C@H](N(C)C)[C@H]2O)[C@@H]1OC. The number of likely N-dealkylation sites (N-methyl/N-ethyl adjacent to an activating group) is 1. The molecule has 1 aromatic rings. The molecule has 3 fully saturated rings. The zero-order chi connectivity index (χ0) is 51.9. The van der Waals surface area contributed by atoms with Crippen LogP contribution in [0.1, 0.15) is 112 Å². The molecule has 16 atom stereocenters. The lowest BCUT2D eigenvalue weighted by Gasteiger charge is -2.53. The third-order valence-corrected chi connectivity index (χ3v) is 14.3. The molecule has 3 aliphatic heterocycles. The number of esters is 4. The van der Waals surface area contributed by atoms with Crippen LogP contribution in [0.2, 0.25) is 0 Å². The van der Waals surface area contributed by atoms with Crippen molar-refractivity contribution in [3.63, 3.8) is 0 Å². The Bertz CT molecular complexity index is 1750. The molecular formula is C52H86N2O16. The Morgan fingerprint density at radius 3 is 2.19 bits per heavy atom. The van der Waals surface area contributed by atoms with Crippen LogP contribution in [0.5, 0.6) is 0 Å². The summed E-state index contributed by atoms with van der Waals surface area (Å²) < 4.78 is 61.8. The number of hydrogen-bond acceptors (Lipinski definition) is 18. The average molecular weight is 995 g/mol. The van der Waals surface area contributed by atoms with Crippen LogP contribution in [0.15, 0.2) is 30.3 Å². The molecule has 4 rings (SSSR count). The van der Waals surface area contributed by atoms with E-state index in [-0.39, 0.29) is 38.0 Å². The van der Waals surface area contributed by atoms with Gasteiger partial charge in [0.2, 0.25) is 0 Å². The second-order valence-corrected chi connectivity index (χ2v) is 20.0. The predicted octanol–water partition coefficient (Wildman–Crippen LogP) is 4.85. The summed E-state index contributed by atoms with van der Waals surface area (Å²) in [5.41, 5.74) is -0.0952. The van der Waals surface area contributed by atoms with Gasteiger partial charge in [-0.15, -0.1) is 0 Å². The molecule has 400 valence electrons. The fraction of sp³-hybridized carbons (Fsp3) is 0.808. The third kappa shape index (κ3) is 16.6. The van der Waals surface area contributed by atoms with Crippen LogP contribution >= 0.6 is 0 Å². The second-order valence-electron chi connectivity index (χ2n) is 20.0. The number of methoxy groups -OCH3 is 3. The van der Waals surface area contributed by atoms with Crippen molar-refractivity contribution in [3.8, 4) is 0 Å². The van der Waals surface area contributed by atoms with Gasteiger partial charge >= 0.3 is 23.9 Å². The van der Waals surface area contributed by atoms with E-state index in [0.29, 0.717) is 32.5 Å². The lowest BCUT2D eigenvalue weighted by atomic mass is 9.70. The van der Waals surface area contributed by atoms with Gasteiger partial charge in [0.25, 0.3) is 0 Å². The number of benzene rings is 1. The summed E-state index contributed by atoms with van der Waals surface area (Å²) in [5.74, 6) is -3.88. The number of rotatable bonds is 18. The highest BCUT2D eigenvalue weighted by Gasteiger charge is 2.56. The molecule has 3 heterocycles. The molecule has 0 amide bonds. The van der Waals surface area contributed by atoms with Crippen LogP contribution < -0.4 is 0 Å².